The molecule has 0 saturated heterocycles. The van der Waals surface area contributed by atoms with Gasteiger partial charge >= 0.3 is 5.97 Å². The van der Waals surface area contributed by atoms with Crippen LogP contribution in [-0.2, 0) is 0 Å². The first kappa shape index (κ1) is 12.6. The van der Waals surface area contributed by atoms with E-state index < -0.39 is 5.97 Å². The second-order valence-electron chi connectivity index (χ2n) is 3.86. The Bertz CT molecular complexity index is 763. The number of aromatic amines is 1. The molecule has 19 heavy (non-hydrogen) atoms. The predicted molar refractivity (Wildman–Crippen MR) is 78.7 cm³/mol. The van der Waals surface area contributed by atoms with Crippen molar-refractivity contribution in [3.05, 3.63) is 46.4 Å². The van der Waals surface area contributed by atoms with Crippen LogP contribution in [0.5, 0.6) is 0 Å². The minimum absolute atomic E-state index is 0.229. The number of aromatic nitrogens is 1. The first-order valence-corrected chi connectivity index (χ1v) is 7.48. The van der Waals surface area contributed by atoms with Gasteiger partial charge in [-0.15, -0.1) is 11.3 Å². The molecule has 0 atom stereocenters. The molecule has 0 bridgehead atoms. The molecule has 0 radical (unpaired) electrons. The van der Waals surface area contributed by atoms with E-state index in [-0.39, 0.29) is 5.69 Å². The molecule has 0 amide bonds. The van der Waals surface area contributed by atoms with Crippen molar-refractivity contribution in [2.45, 2.75) is 9.79 Å². The fourth-order valence-electron chi connectivity index (χ4n) is 1.79. The molecule has 3 aromatic rings. The van der Waals surface area contributed by atoms with Gasteiger partial charge in [-0.05, 0) is 29.6 Å². The number of halogens is 1. The quantitative estimate of drug-likeness (QED) is 0.735. The summed E-state index contributed by atoms with van der Waals surface area (Å²) in [6.07, 6.45) is 0. The second kappa shape index (κ2) is 4.92. The Morgan fingerprint density at radius 1 is 1.37 bits per heavy atom. The summed E-state index contributed by atoms with van der Waals surface area (Å²) in [5.41, 5.74) is 0.229. The summed E-state index contributed by atoms with van der Waals surface area (Å²) in [6.45, 7) is 0. The van der Waals surface area contributed by atoms with Gasteiger partial charge in [0.25, 0.3) is 0 Å². The number of carboxylic acids is 1. The van der Waals surface area contributed by atoms with Gasteiger partial charge in [-0.2, -0.15) is 0 Å². The van der Waals surface area contributed by atoms with Crippen LogP contribution >= 0.6 is 34.7 Å². The van der Waals surface area contributed by atoms with Gasteiger partial charge in [-0.25, -0.2) is 4.79 Å². The molecular formula is C13H8ClNO2S2. The van der Waals surface area contributed by atoms with Crippen LogP contribution in [0.15, 0.2) is 45.5 Å². The van der Waals surface area contributed by atoms with Crippen LogP contribution in [0.2, 0.25) is 5.02 Å². The largest absolute Gasteiger partial charge is 0.477 e. The van der Waals surface area contributed by atoms with Gasteiger partial charge in [0.15, 0.2) is 0 Å². The Labute approximate surface area is 122 Å². The van der Waals surface area contributed by atoms with Crippen LogP contribution in [0.1, 0.15) is 10.5 Å². The Balaban J connectivity index is 2.10. The van der Waals surface area contributed by atoms with E-state index >= 15 is 0 Å². The maximum atomic E-state index is 11.3. The maximum Gasteiger partial charge on any atom is 0.353 e. The SMILES string of the molecule is O=C(O)c1[nH]c2sccc2c1Sc1cccc(Cl)c1. The zero-order valence-corrected chi connectivity index (χ0v) is 11.9. The van der Waals surface area contributed by atoms with E-state index in [4.69, 9.17) is 11.6 Å². The van der Waals surface area contributed by atoms with Crippen LogP contribution < -0.4 is 0 Å². The third kappa shape index (κ3) is 2.36. The first-order chi connectivity index (χ1) is 9.15. The van der Waals surface area contributed by atoms with Crippen LogP contribution in [0.4, 0.5) is 0 Å². The van der Waals surface area contributed by atoms with Crippen LogP contribution in [0.25, 0.3) is 10.2 Å². The summed E-state index contributed by atoms with van der Waals surface area (Å²) >= 11 is 8.85. The van der Waals surface area contributed by atoms with Gasteiger partial charge in [0, 0.05) is 15.3 Å². The molecular weight excluding hydrogens is 302 g/mol. The summed E-state index contributed by atoms with van der Waals surface area (Å²) in [4.78, 5) is 16.7. The third-order valence-corrected chi connectivity index (χ3v) is 4.79. The molecule has 0 aliphatic rings. The fraction of sp³-hybridized carbons (Fsp3) is 0. The fourth-order valence-corrected chi connectivity index (χ4v) is 4.00. The highest BCUT2D eigenvalue weighted by Crippen LogP contribution is 2.39. The monoisotopic (exact) mass is 309 g/mol. The van der Waals surface area contributed by atoms with Gasteiger partial charge < -0.3 is 10.1 Å². The lowest BCUT2D eigenvalue weighted by molar-refractivity contribution is 0.0688. The summed E-state index contributed by atoms with van der Waals surface area (Å²) in [7, 11) is 0. The Morgan fingerprint density at radius 3 is 2.95 bits per heavy atom. The van der Waals surface area contributed by atoms with Gasteiger partial charge in [0.2, 0.25) is 0 Å². The zero-order chi connectivity index (χ0) is 13.4. The highest BCUT2D eigenvalue weighted by Gasteiger charge is 2.18. The molecule has 0 aliphatic carbocycles. The minimum atomic E-state index is -0.951. The molecule has 96 valence electrons. The van der Waals surface area contributed by atoms with E-state index in [1.807, 2.05) is 29.6 Å². The van der Waals surface area contributed by atoms with Gasteiger partial charge in [0.05, 0.1) is 4.90 Å². The van der Waals surface area contributed by atoms with Gasteiger partial charge in [-0.1, -0.05) is 29.4 Å². The number of H-pyrrole nitrogens is 1. The average molecular weight is 310 g/mol. The number of hydrogen-bond acceptors (Lipinski definition) is 3. The molecule has 0 unspecified atom stereocenters. The summed E-state index contributed by atoms with van der Waals surface area (Å²) in [5, 5.41) is 12.8. The molecule has 0 fully saturated rings. The number of carbonyl (C=O) groups is 1. The van der Waals surface area contributed by atoms with Gasteiger partial charge in [-0.3, -0.25) is 0 Å². The van der Waals surface area contributed by atoms with Crippen molar-refractivity contribution in [1.29, 1.82) is 0 Å². The van der Waals surface area contributed by atoms with Crippen molar-refractivity contribution in [2.75, 3.05) is 0 Å². The Kier molecular flexibility index (Phi) is 3.26. The normalized spacial score (nSPS) is 11.0. The summed E-state index contributed by atoms with van der Waals surface area (Å²) in [6, 6.07) is 9.30. The molecule has 0 saturated carbocycles. The number of fused-ring (bicyclic) bond motifs is 1. The van der Waals surface area contributed by atoms with Crippen LogP contribution in [-0.4, -0.2) is 16.1 Å². The number of thiophene rings is 1. The zero-order valence-electron chi connectivity index (χ0n) is 9.51. The molecule has 0 spiro atoms. The Hall–Kier alpha value is -1.43. The number of rotatable bonds is 3. The maximum absolute atomic E-state index is 11.3. The molecule has 2 heterocycles. The third-order valence-electron chi connectivity index (χ3n) is 2.61. The highest BCUT2D eigenvalue weighted by atomic mass is 35.5. The Morgan fingerprint density at radius 2 is 2.21 bits per heavy atom. The van der Waals surface area contributed by atoms with Crippen molar-refractivity contribution in [2.24, 2.45) is 0 Å². The average Bonchev–Trinajstić information content (AvgIpc) is 2.92. The van der Waals surface area contributed by atoms with Crippen molar-refractivity contribution in [1.82, 2.24) is 4.98 Å². The molecule has 3 nitrogen and oxygen atoms in total. The molecule has 1 aromatic carbocycles. The summed E-state index contributed by atoms with van der Waals surface area (Å²) < 4.78 is 0. The first-order valence-electron chi connectivity index (χ1n) is 5.41. The number of carboxylic acid groups (broad SMARTS) is 1. The van der Waals surface area contributed by atoms with Crippen molar-refractivity contribution < 1.29 is 9.90 Å². The molecule has 2 N–H and O–H groups in total. The minimum Gasteiger partial charge on any atom is -0.477 e. The molecule has 0 aliphatic heterocycles. The smallest absolute Gasteiger partial charge is 0.353 e. The van der Waals surface area contributed by atoms with E-state index in [9.17, 15) is 9.90 Å². The molecule has 3 rings (SSSR count). The highest BCUT2D eigenvalue weighted by molar-refractivity contribution is 7.99. The van der Waals surface area contributed by atoms with Crippen LogP contribution in [0.3, 0.4) is 0 Å². The van der Waals surface area contributed by atoms with E-state index in [1.54, 1.807) is 6.07 Å². The van der Waals surface area contributed by atoms with Crippen molar-refractivity contribution in [3.8, 4) is 0 Å². The lowest BCUT2D eigenvalue weighted by atomic mass is 10.3. The van der Waals surface area contributed by atoms with E-state index in [0.29, 0.717) is 5.02 Å². The lowest BCUT2D eigenvalue weighted by Gasteiger charge is -2.02. The number of aromatic carboxylic acids is 1. The van der Waals surface area contributed by atoms with Crippen LogP contribution in [0, 0.1) is 0 Å². The lowest BCUT2D eigenvalue weighted by Crippen LogP contribution is -1.97. The molecule has 2 aromatic heterocycles. The molecule has 6 heteroatoms. The predicted octanol–water partition coefficient (Wildman–Crippen LogP) is 4.73. The van der Waals surface area contributed by atoms with E-state index in [2.05, 4.69) is 4.98 Å². The van der Waals surface area contributed by atoms with Crippen molar-refractivity contribution >= 4 is 50.9 Å². The van der Waals surface area contributed by atoms with Crippen molar-refractivity contribution in [3.63, 3.8) is 0 Å². The van der Waals surface area contributed by atoms with E-state index in [0.717, 1.165) is 20.0 Å². The number of nitrogens with one attached hydrogen (secondary N) is 1. The standard InChI is InChI=1S/C13H8ClNO2S2/c14-7-2-1-3-8(6-7)19-11-9-4-5-18-12(9)15-10(11)13(16)17/h1-6,15H,(H,16,17). The summed E-state index contributed by atoms with van der Waals surface area (Å²) in [5.74, 6) is -0.951. The number of benzene rings is 1. The topological polar surface area (TPSA) is 53.1 Å². The van der Waals surface area contributed by atoms with Gasteiger partial charge in [0.1, 0.15) is 10.5 Å². The van der Waals surface area contributed by atoms with E-state index in [1.165, 1.54) is 23.1 Å². The second-order valence-corrected chi connectivity index (χ2v) is 6.29. The number of hydrogen-bond donors (Lipinski definition) is 2.